The molecule has 0 aromatic heterocycles. The van der Waals surface area contributed by atoms with Crippen LogP contribution in [0.5, 0.6) is 0 Å². The van der Waals surface area contributed by atoms with Gasteiger partial charge >= 0.3 is 11.9 Å². The highest BCUT2D eigenvalue weighted by Crippen LogP contribution is 2.04. The lowest BCUT2D eigenvalue weighted by Gasteiger charge is -2.14. The molecule has 0 saturated heterocycles. The van der Waals surface area contributed by atoms with Crippen molar-refractivity contribution in [3.05, 3.63) is 0 Å². The number of carbonyl (C=O) groups is 2. The summed E-state index contributed by atoms with van der Waals surface area (Å²) in [5.74, 6) is -1.09. The first-order valence-electron chi connectivity index (χ1n) is 5.08. The Morgan fingerprint density at radius 2 is 1.75 bits per heavy atom. The van der Waals surface area contributed by atoms with E-state index in [1.54, 1.807) is 13.8 Å². The van der Waals surface area contributed by atoms with Gasteiger partial charge in [0.25, 0.3) is 0 Å². The van der Waals surface area contributed by atoms with Gasteiger partial charge in [-0.15, -0.1) is 0 Å². The molecule has 0 radical (unpaired) electrons. The average molecular weight is 234 g/mol. The van der Waals surface area contributed by atoms with Crippen LogP contribution in [-0.4, -0.2) is 45.2 Å². The molecular formula is C10H18O6. The van der Waals surface area contributed by atoms with E-state index < -0.39 is 18.0 Å². The molecule has 0 aromatic carbocycles. The predicted molar refractivity (Wildman–Crippen MR) is 54.6 cm³/mol. The summed E-state index contributed by atoms with van der Waals surface area (Å²) in [6.07, 6.45) is -1.14. The van der Waals surface area contributed by atoms with Gasteiger partial charge in [0.15, 0.2) is 6.10 Å². The first kappa shape index (κ1) is 14.9. The Balaban J connectivity index is 4.18. The molecule has 0 aromatic rings. The van der Waals surface area contributed by atoms with Crippen molar-refractivity contribution in [2.45, 2.75) is 26.4 Å². The van der Waals surface area contributed by atoms with Gasteiger partial charge in [0.05, 0.1) is 19.6 Å². The summed E-state index contributed by atoms with van der Waals surface area (Å²) >= 11 is 0. The smallest absolute Gasteiger partial charge is 0.335 e. The second-order valence-electron chi connectivity index (χ2n) is 2.82. The summed E-state index contributed by atoms with van der Waals surface area (Å²) in [7, 11) is 1.42. The fraction of sp³-hybridized carbons (Fsp3) is 0.800. The molecule has 6 heteroatoms. The predicted octanol–water partition coefficient (Wildman–Crippen LogP) is 0.492. The van der Waals surface area contributed by atoms with E-state index in [9.17, 15) is 9.59 Å². The zero-order chi connectivity index (χ0) is 12.4. The number of esters is 2. The molecule has 0 aliphatic carbocycles. The van der Waals surface area contributed by atoms with Gasteiger partial charge in [0.1, 0.15) is 6.79 Å². The molecule has 0 saturated carbocycles. The maximum Gasteiger partial charge on any atom is 0.335 e. The molecule has 0 rings (SSSR count). The standard InChI is InChI=1S/C10H18O6/c1-4-14-9(11)6-8(16-7-13-3)10(12)15-5-2/h8H,4-7H2,1-3H3. The van der Waals surface area contributed by atoms with Gasteiger partial charge < -0.3 is 18.9 Å². The van der Waals surface area contributed by atoms with Gasteiger partial charge in [0, 0.05) is 7.11 Å². The van der Waals surface area contributed by atoms with Crippen molar-refractivity contribution in [1.82, 2.24) is 0 Å². The molecule has 16 heavy (non-hydrogen) atoms. The molecular weight excluding hydrogens is 216 g/mol. The van der Waals surface area contributed by atoms with Crippen LogP contribution in [0.3, 0.4) is 0 Å². The van der Waals surface area contributed by atoms with Crippen LogP contribution in [0.4, 0.5) is 0 Å². The topological polar surface area (TPSA) is 71.1 Å². The van der Waals surface area contributed by atoms with E-state index >= 15 is 0 Å². The third-order valence-electron chi connectivity index (χ3n) is 1.59. The molecule has 0 fully saturated rings. The minimum Gasteiger partial charge on any atom is -0.466 e. The Bertz CT molecular complexity index is 215. The zero-order valence-corrected chi connectivity index (χ0v) is 9.86. The second kappa shape index (κ2) is 9.11. The van der Waals surface area contributed by atoms with E-state index in [2.05, 4.69) is 4.74 Å². The lowest BCUT2D eigenvalue weighted by atomic mass is 10.2. The number of ether oxygens (including phenoxy) is 4. The third-order valence-corrected chi connectivity index (χ3v) is 1.59. The Labute approximate surface area is 94.8 Å². The van der Waals surface area contributed by atoms with Crippen LogP contribution < -0.4 is 0 Å². The molecule has 1 atom stereocenters. The second-order valence-corrected chi connectivity index (χ2v) is 2.82. The van der Waals surface area contributed by atoms with Crippen LogP contribution in [0.15, 0.2) is 0 Å². The van der Waals surface area contributed by atoms with Crippen LogP contribution in [-0.2, 0) is 28.5 Å². The van der Waals surface area contributed by atoms with Crippen molar-refractivity contribution >= 4 is 11.9 Å². The summed E-state index contributed by atoms with van der Waals surface area (Å²) in [6.45, 7) is 3.78. The highest BCUT2D eigenvalue weighted by atomic mass is 16.7. The number of rotatable bonds is 8. The third kappa shape index (κ3) is 6.36. The van der Waals surface area contributed by atoms with E-state index in [0.29, 0.717) is 0 Å². The zero-order valence-electron chi connectivity index (χ0n) is 9.86. The number of hydrogen-bond acceptors (Lipinski definition) is 6. The van der Waals surface area contributed by atoms with Crippen LogP contribution in [0, 0.1) is 0 Å². The maximum absolute atomic E-state index is 11.4. The van der Waals surface area contributed by atoms with Crippen molar-refractivity contribution in [3.8, 4) is 0 Å². The lowest BCUT2D eigenvalue weighted by molar-refractivity contribution is -0.171. The average Bonchev–Trinajstić information content (AvgIpc) is 2.24. The molecule has 0 bridgehead atoms. The largest absolute Gasteiger partial charge is 0.466 e. The van der Waals surface area contributed by atoms with E-state index in [-0.39, 0.29) is 26.4 Å². The molecule has 0 spiro atoms. The van der Waals surface area contributed by atoms with Crippen molar-refractivity contribution in [2.75, 3.05) is 27.1 Å². The summed E-state index contributed by atoms with van der Waals surface area (Å²) < 4.78 is 19.2. The fourth-order valence-electron chi connectivity index (χ4n) is 0.967. The summed E-state index contributed by atoms with van der Waals surface area (Å²) in [6, 6.07) is 0. The normalized spacial score (nSPS) is 11.9. The van der Waals surface area contributed by atoms with Gasteiger partial charge in [0.2, 0.25) is 0 Å². The van der Waals surface area contributed by atoms with Crippen LogP contribution >= 0.6 is 0 Å². The maximum atomic E-state index is 11.4. The summed E-state index contributed by atoms with van der Waals surface area (Å²) in [5, 5.41) is 0. The Kier molecular flexibility index (Phi) is 8.46. The Morgan fingerprint density at radius 3 is 2.25 bits per heavy atom. The molecule has 1 unspecified atom stereocenters. The van der Waals surface area contributed by atoms with E-state index in [4.69, 9.17) is 14.2 Å². The molecule has 0 N–H and O–H groups in total. The summed E-state index contributed by atoms with van der Waals surface area (Å²) in [5.41, 5.74) is 0. The monoisotopic (exact) mass is 234 g/mol. The van der Waals surface area contributed by atoms with Crippen LogP contribution in [0.1, 0.15) is 20.3 Å². The number of methoxy groups -OCH3 is 1. The van der Waals surface area contributed by atoms with Crippen LogP contribution in [0.2, 0.25) is 0 Å². The van der Waals surface area contributed by atoms with Gasteiger partial charge in [-0.2, -0.15) is 0 Å². The van der Waals surface area contributed by atoms with Gasteiger partial charge in [-0.3, -0.25) is 4.79 Å². The molecule has 94 valence electrons. The number of hydrogen-bond donors (Lipinski definition) is 0. The molecule has 0 aliphatic rings. The summed E-state index contributed by atoms with van der Waals surface area (Å²) in [4.78, 5) is 22.6. The quantitative estimate of drug-likeness (QED) is 0.449. The minimum atomic E-state index is -0.973. The van der Waals surface area contributed by atoms with E-state index in [1.807, 2.05) is 0 Å². The van der Waals surface area contributed by atoms with Gasteiger partial charge in [-0.25, -0.2) is 4.79 Å². The SMILES string of the molecule is CCOC(=O)CC(OCOC)C(=O)OCC. The van der Waals surface area contributed by atoms with Crippen LogP contribution in [0.25, 0.3) is 0 Å². The van der Waals surface area contributed by atoms with Crippen molar-refractivity contribution in [3.63, 3.8) is 0 Å². The van der Waals surface area contributed by atoms with E-state index in [1.165, 1.54) is 7.11 Å². The first-order chi connectivity index (χ1) is 7.65. The molecule has 0 aliphatic heterocycles. The molecule has 0 heterocycles. The Hall–Kier alpha value is -1.14. The van der Waals surface area contributed by atoms with Gasteiger partial charge in [-0.05, 0) is 13.8 Å². The van der Waals surface area contributed by atoms with Gasteiger partial charge in [-0.1, -0.05) is 0 Å². The lowest BCUT2D eigenvalue weighted by Crippen LogP contribution is -2.30. The minimum absolute atomic E-state index is 0.0805. The van der Waals surface area contributed by atoms with E-state index in [0.717, 1.165) is 0 Å². The highest BCUT2D eigenvalue weighted by molar-refractivity contribution is 5.81. The van der Waals surface area contributed by atoms with Crippen molar-refractivity contribution in [2.24, 2.45) is 0 Å². The van der Waals surface area contributed by atoms with Crippen molar-refractivity contribution < 1.29 is 28.5 Å². The molecule has 0 amide bonds. The molecule has 6 nitrogen and oxygen atoms in total. The highest BCUT2D eigenvalue weighted by Gasteiger charge is 2.24. The first-order valence-corrected chi connectivity index (χ1v) is 5.08. The Morgan fingerprint density at radius 1 is 1.12 bits per heavy atom. The number of carbonyl (C=O) groups excluding carboxylic acids is 2. The fourth-order valence-corrected chi connectivity index (χ4v) is 0.967. The van der Waals surface area contributed by atoms with Crippen molar-refractivity contribution in [1.29, 1.82) is 0 Å².